The van der Waals surface area contributed by atoms with Gasteiger partial charge < -0.3 is 10.1 Å². The van der Waals surface area contributed by atoms with Crippen molar-refractivity contribution >= 4 is 34.8 Å². The highest BCUT2D eigenvalue weighted by Gasteiger charge is 2.41. The molecule has 6 rings (SSSR count). The lowest BCUT2D eigenvalue weighted by Crippen LogP contribution is -2.32. The summed E-state index contributed by atoms with van der Waals surface area (Å²) in [5.41, 5.74) is 4.07. The predicted molar refractivity (Wildman–Crippen MR) is 121 cm³/mol. The normalized spacial score (nSPS) is 18.8. The molecule has 5 nitrogen and oxygen atoms in total. The van der Waals surface area contributed by atoms with Crippen LogP contribution in [0.1, 0.15) is 28.8 Å². The van der Waals surface area contributed by atoms with Crippen LogP contribution in [0.15, 0.2) is 78.6 Å². The first-order chi connectivity index (χ1) is 15.6. The summed E-state index contributed by atoms with van der Waals surface area (Å²) in [6.45, 7) is 0. The van der Waals surface area contributed by atoms with E-state index in [1.807, 2.05) is 36.4 Å². The zero-order valence-electron chi connectivity index (χ0n) is 16.5. The van der Waals surface area contributed by atoms with Crippen LogP contribution in [0.25, 0.3) is 5.70 Å². The Morgan fingerprint density at radius 1 is 1.00 bits per heavy atom. The van der Waals surface area contributed by atoms with Gasteiger partial charge in [-0.2, -0.15) is 10.1 Å². The van der Waals surface area contributed by atoms with Crippen LogP contribution in [-0.4, -0.2) is 14.8 Å². The maximum atomic E-state index is 14.2. The first-order valence-electron chi connectivity index (χ1n) is 9.97. The van der Waals surface area contributed by atoms with Gasteiger partial charge in [-0.15, -0.1) is 0 Å². The van der Waals surface area contributed by atoms with E-state index in [1.54, 1.807) is 22.9 Å². The summed E-state index contributed by atoms with van der Waals surface area (Å²) in [5.74, 6) is 0.940. The van der Waals surface area contributed by atoms with Crippen molar-refractivity contribution in [2.45, 2.75) is 12.1 Å². The largest absolute Gasteiger partial charge is 0.480 e. The van der Waals surface area contributed by atoms with E-state index in [2.05, 4.69) is 15.4 Å². The van der Waals surface area contributed by atoms with Gasteiger partial charge in [-0.05, 0) is 47.5 Å². The Bertz CT molecular complexity index is 1400. The maximum Gasteiger partial charge on any atom is 0.226 e. The second kappa shape index (κ2) is 7.36. The third-order valence-corrected chi connectivity index (χ3v) is 6.29. The molecule has 2 aliphatic heterocycles. The van der Waals surface area contributed by atoms with Gasteiger partial charge in [0.1, 0.15) is 30.0 Å². The molecule has 8 heteroatoms. The van der Waals surface area contributed by atoms with Crippen LogP contribution in [0.4, 0.5) is 10.3 Å². The molecule has 0 amide bonds. The molecule has 1 aromatic heterocycles. The Morgan fingerprint density at radius 3 is 2.72 bits per heavy atom. The van der Waals surface area contributed by atoms with Gasteiger partial charge in [-0.1, -0.05) is 53.5 Å². The monoisotopic (exact) mass is 464 g/mol. The number of ether oxygens (including phenoxy) is 1. The highest BCUT2D eigenvalue weighted by atomic mass is 35.5. The van der Waals surface area contributed by atoms with E-state index >= 15 is 0 Å². The minimum atomic E-state index is -0.572. The van der Waals surface area contributed by atoms with Crippen LogP contribution in [0, 0.1) is 5.82 Å². The van der Waals surface area contributed by atoms with Crippen molar-refractivity contribution in [2.75, 3.05) is 5.32 Å². The van der Waals surface area contributed by atoms with Crippen molar-refractivity contribution in [3.05, 3.63) is 111 Å². The van der Waals surface area contributed by atoms with Crippen LogP contribution in [0.2, 0.25) is 10.0 Å². The number of para-hydroxylation sites is 1. The second-order valence-electron chi connectivity index (χ2n) is 7.60. The lowest BCUT2D eigenvalue weighted by atomic mass is 9.84. The van der Waals surface area contributed by atoms with E-state index in [-0.39, 0.29) is 5.82 Å². The van der Waals surface area contributed by atoms with Crippen LogP contribution in [0.3, 0.4) is 0 Å². The van der Waals surface area contributed by atoms with Gasteiger partial charge in [-0.25, -0.2) is 9.07 Å². The van der Waals surface area contributed by atoms with Crippen molar-refractivity contribution in [2.24, 2.45) is 0 Å². The average molecular weight is 465 g/mol. The number of nitrogens with zero attached hydrogens (tertiary/aromatic N) is 3. The molecular weight excluding hydrogens is 450 g/mol. The van der Waals surface area contributed by atoms with Gasteiger partial charge >= 0.3 is 0 Å². The maximum absolute atomic E-state index is 14.2. The van der Waals surface area contributed by atoms with E-state index in [4.69, 9.17) is 27.9 Å². The second-order valence-corrected chi connectivity index (χ2v) is 8.44. The Hall–Kier alpha value is -3.35. The number of hydrogen-bond acceptors (Lipinski definition) is 4. The fourth-order valence-corrected chi connectivity index (χ4v) is 4.90. The third-order valence-electron chi connectivity index (χ3n) is 5.73. The van der Waals surface area contributed by atoms with Gasteiger partial charge in [-0.3, -0.25) is 0 Å². The van der Waals surface area contributed by atoms with E-state index in [0.29, 0.717) is 27.3 Å². The molecule has 2 atom stereocenters. The molecule has 0 bridgehead atoms. The molecule has 0 aliphatic carbocycles. The fourth-order valence-electron chi connectivity index (χ4n) is 4.38. The van der Waals surface area contributed by atoms with Crippen molar-refractivity contribution in [1.29, 1.82) is 0 Å². The molecule has 158 valence electrons. The molecule has 0 saturated heterocycles. The highest BCUT2D eigenvalue weighted by Crippen LogP contribution is 2.51. The zero-order chi connectivity index (χ0) is 21.8. The number of halogens is 3. The van der Waals surface area contributed by atoms with E-state index in [0.717, 1.165) is 22.4 Å². The molecule has 3 heterocycles. The summed E-state index contributed by atoms with van der Waals surface area (Å²) < 4.78 is 22.4. The first-order valence-corrected chi connectivity index (χ1v) is 10.7. The molecule has 0 fully saturated rings. The lowest BCUT2D eigenvalue weighted by molar-refractivity contribution is 0.222. The SMILES string of the molecule is Fc1cccc([C@H]2Oc3ccccc3C3=C2[C@@H](c2ccc(Cl)cc2Cl)n2ncnc2N3)c1. The number of rotatable bonds is 2. The Morgan fingerprint density at radius 2 is 1.88 bits per heavy atom. The molecular formula is C24H15Cl2FN4O. The molecule has 0 radical (unpaired) electrons. The van der Waals surface area contributed by atoms with Gasteiger partial charge in [0.25, 0.3) is 0 Å². The molecule has 0 unspecified atom stereocenters. The molecule has 32 heavy (non-hydrogen) atoms. The predicted octanol–water partition coefficient (Wildman–Crippen LogP) is 6.28. The Balaban J connectivity index is 1.65. The third kappa shape index (κ3) is 2.98. The number of hydrogen-bond donors (Lipinski definition) is 1. The average Bonchev–Trinajstić information content (AvgIpc) is 3.26. The zero-order valence-corrected chi connectivity index (χ0v) is 18.0. The van der Waals surface area contributed by atoms with Crippen molar-refractivity contribution in [1.82, 2.24) is 14.8 Å². The summed E-state index contributed by atoms with van der Waals surface area (Å²) in [7, 11) is 0. The van der Waals surface area contributed by atoms with Gasteiger partial charge in [0, 0.05) is 21.2 Å². The van der Waals surface area contributed by atoms with Crippen LogP contribution >= 0.6 is 23.2 Å². The first kappa shape index (κ1) is 19.3. The lowest BCUT2D eigenvalue weighted by Gasteiger charge is -2.39. The number of aromatic nitrogens is 3. The van der Waals surface area contributed by atoms with Crippen molar-refractivity contribution in [3.8, 4) is 5.75 Å². The van der Waals surface area contributed by atoms with Gasteiger partial charge in [0.2, 0.25) is 5.95 Å². The number of nitrogens with one attached hydrogen (secondary N) is 1. The summed E-state index contributed by atoms with van der Waals surface area (Å²) in [5, 5.41) is 8.89. The van der Waals surface area contributed by atoms with Gasteiger partial charge in [0.15, 0.2) is 0 Å². The summed E-state index contributed by atoms with van der Waals surface area (Å²) >= 11 is 12.8. The molecule has 0 saturated carbocycles. The minimum Gasteiger partial charge on any atom is -0.480 e. The van der Waals surface area contributed by atoms with Crippen LogP contribution in [-0.2, 0) is 0 Å². The number of benzene rings is 3. The van der Waals surface area contributed by atoms with Crippen LogP contribution < -0.4 is 10.1 Å². The molecule has 4 aromatic rings. The van der Waals surface area contributed by atoms with Gasteiger partial charge in [0.05, 0.1) is 5.70 Å². The Labute approximate surface area is 193 Å². The van der Waals surface area contributed by atoms with Crippen molar-refractivity contribution in [3.63, 3.8) is 0 Å². The van der Waals surface area contributed by atoms with E-state index in [1.165, 1.54) is 18.5 Å². The number of anilines is 1. The summed E-state index contributed by atoms with van der Waals surface area (Å²) in [6, 6.07) is 19.1. The summed E-state index contributed by atoms with van der Waals surface area (Å²) in [6.07, 6.45) is 0.916. The number of fused-ring (bicyclic) bond motifs is 3. The van der Waals surface area contributed by atoms with E-state index < -0.39 is 12.1 Å². The molecule has 2 aliphatic rings. The molecule has 1 N–H and O–H groups in total. The van der Waals surface area contributed by atoms with Crippen LogP contribution in [0.5, 0.6) is 5.75 Å². The highest BCUT2D eigenvalue weighted by molar-refractivity contribution is 6.35. The fraction of sp³-hybridized carbons (Fsp3) is 0.0833. The van der Waals surface area contributed by atoms with Crippen molar-refractivity contribution < 1.29 is 9.13 Å². The smallest absolute Gasteiger partial charge is 0.226 e. The molecule has 0 spiro atoms. The minimum absolute atomic E-state index is 0.335. The topological polar surface area (TPSA) is 52.0 Å². The Kier molecular flexibility index (Phi) is 4.45. The quantitative estimate of drug-likeness (QED) is 0.379. The standard InChI is InChI=1S/C24H15Cl2FN4O/c25-14-8-9-16(18(26)11-14)22-20-21(30-24-28-12-29-31(22)24)17-6-1-2-7-19(17)32-23(20)13-4-3-5-15(27)10-13/h1-12,22-23H,(H,28,29,30)/t22-,23-/m1/s1. The summed E-state index contributed by atoms with van der Waals surface area (Å²) in [4.78, 5) is 4.39. The molecule has 3 aromatic carbocycles. The van der Waals surface area contributed by atoms with E-state index in [9.17, 15) is 4.39 Å².